The van der Waals surface area contributed by atoms with Gasteiger partial charge >= 0.3 is 0 Å². The highest BCUT2D eigenvalue weighted by atomic mass is 16.1. The number of aromatic nitrogens is 2. The van der Waals surface area contributed by atoms with E-state index in [1.807, 2.05) is 42.5 Å². The predicted octanol–water partition coefficient (Wildman–Crippen LogP) is 2.17. The summed E-state index contributed by atoms with van der Waals surface area (Å²) in [6, 6.07) is 13.6. The molecule has 1 aromatic heterocycles. The SMILES string of the molecule is NNc1cncc(C(=O)Nc2cccc3ccccc23)n1. The molecule has 0 aliphatic carbocycles. The lowest BCUT2D eigenvalue weighted by Gasteiger charge is -2.08. The molecule has 0 fully saturated rings. The van der Waals surface area contributed by atoms with E-state index in [0.717, 1.165) is 16.5 Å². The second-order valence-corrected chi connectivity index (χ2v) is 4.41. The quantitative estimate of drug-likeness (QED) is 0.504. The molecule has 3 rings (SSSR count). The summed E-state index contributed by atoms with van der Waals surface area (Å²) in [4.78, 5) is 20.2. The summed E-state index contributed by atoms with van der Waals surface area (Å²) in [6.45, 7) is 0. The van der Waals surface area contributed by atoms with Crippen LogP contribution < -0.4 is 16.6 Å². The van der Waals surface area contributed by atoms with Crippen molar-refractivity contribution in [2.75, 3.05) is 10.7 Å². The van der Waals surface area contributed by atoms with E-state index in [1.165, 1.54) is 12.4 Å². The van der Waals surface area contributed by atoms with E-state index in [2.05, 4.69) is 20.7 Å². The van der Waals surface area contributed by atoms with E-state index in [-0.39, 0.29) is 11.6 Å². The van der Waals surface area contributed by atoms with Crippen molar-refractivity contribution in [3.63, 3.8) is 0 Å². The van der Waals surface area contributed by atoms with Gasteiger partial charge in [-0.2, -0.15) is 0 Å². The monoisotopic (exact) mass is 279 g/mol. The van der Waals surface area contributed by atoms with E-state index in [4.69, 9.17) is 5.84 Å². The van der Waals surface area contributed by atoms with Crippen molar-refractivity contribution in [3.05, 3.63) is 60.6 Å². The number of benzene rings is 2. The van der Waals surface area contributed by atoms with Gasteiger partial charge in [0.1, 0.15) is 5.69 Å². The number of hydrazine groups is 1. The van der Waals surface area contributed by atoms with Gasteiger partial charge in [-0.05, 0) is 11.5 Å². The number of carbonyl (C=O) groups excluding carboxylic acids is 1. The first-order valence-electron chi connectivity index (χ1n) is 6.36. The van der Waals surface area contributed by atoms with Crippen molar-refractivity contribution < 1.29 is 4.79 Å². The number of fused-ring (bicyclic) bond motifs is 1. The Hall–Kier alpha value is -2.99. The Morgan fingerprint density at radius 2 is 1.86 bits per heavy atom. The topological polar surface area (TPSA) is 92.9 Å². The number of nitrogen functional groups attached to an aromatic ring is 1. The predicted molar refractivity (Wildman–Crippen MR) is 81.7 cm³/mol. The van der Waals surface area contributed by atoms with Crippen LogP contribution in [0.15, 0.2) is 54.9 Å². The Bertz CT molecular complexity index is 797. The van der Waals surface area contributed by atoms with Crippen LogP contribution in [0.4, 0.5) is 11.5 Å². The number of hydrogen-bond donors (Lipinski definition) is 3. The summed E-state index contributed by atoms with van der Waals surface area (Å²) in [5.41, 5.74) is 3.28. The molecule has 0 aliphatic rings. The molecule has 104 valence electrons. The fourth-order valence-electron chi connectivity index (χ4n) is 2.07. The molecule has 0 aliphatic heterocycles. The Morgan fingerprint density at radius 3 is 2.71 bits per heavy atom. The number of nitrogens with zero attached hydrogens (tertiary/aromatic N) is 2. The van der Waals surface area contributed by atoms with Crippen molar-refractivity contribution in [3.8, 4) is 0 Å². The molecule has 1 heterocycles. The standard InChI is InChI=1S/C15H13N5O/c16-20-14-9-17-8-13(18-14)15(21)19-12-7-3-5-10-4-1-2-6-11(10)12/h1-9H,16H2,(H,18,20)(H,19,21). The molecule has 0 unspecified atom stereocenters. The molecule has 0 spiro atoms. The molecule has 0 saturated heterocycles. The van der Waals surface area contributed by atoms with Crippen LogP contribution >= 0.6 is 0 Å². The number of anilines is 2. The number of nitrogens with one attached hydrogen (secondary N) is 2. The smallest absolute Gasteiger partial charge is 0.275 e. The highest BCUT2D eigenvalue weighted by Gasteiger charge is 2.10. The molecule has 3 aromatic rings. The lowest BCUT2D eigenvalue weighted by molar-refractivity contribution is 0.102. The molecular weight excluding hydrogens is 266 g/mol. The third kappa shape index (κ3) is 2.65. The number of nitrogens with two attached hydrogens (primary N) is 1. The van der Waals surface area contributed by atoms with Gasteiger partial charge in [0.15, 0.2) is 5.82 Å². The van der Waals surface area contributed by atoms with Gasteiger partial charge in [-0.25, -0.2) is 10.8 Å². The van der Waals surface area contributed by atoms with E-state index >= 15 is 0 Å². The second-order valence-electron chi connectivity index (χ2n) is 4.41. The molecule has 6 nitrogen and oxygen atoms in total. The van der Waals surface area contributed by atoms with Gasteiger partial charge in [0, 0.05) is 11.1 Å². The lowest BCUT2D eigenvalue weighted by Crippen LogP contribution is -2.16. The minimum Gasteiger partial charge on any atom is -0.320 e. The maximum Gasteiger partial charge on any atom is 0.275 e. The third-order valence-electron chi connectivity index (χ3n) is 3.05. The Balaban J connectivity index is 1.93. The van der Waals surface area contributed by atoms with Crippen molar-refractivity contribution in [1.29, 1.82) is 0 Å². The summed E-state index contributed by atoms with van der Waals surface area (Å²) >= 11 is 0. The minimum absolute atomic E-state index is 0.193. The van der Waals surface area contributed by atoms with Crippen molar-refractivity contribution >= 4 is 28.2 Å². The molecule has 0 bridgehead atoms. The number of rotatable bonds is 3. The zero-order valence-electron chi connectivity index (χ0n) is 11.1. The van der Waals surface area contributed by atoms with Crippen LogP contribution in [0.25, 0.3) is 10.8 Å². The second kappa shape index (κ2) is 5.56. The molecule has 6 heteroatoms. The molecule has 0 saturated carbocycles. The zero-order valence-corrected chi connectivity index (χ0v) is 11.1. The largest absolute Gasteiger partial charge is 0.320 e. The first-order valence-corrected chi connectivity index (χ1v) is 6.36. The summed E-state index contributed by atoms with van der Waals surface area (Å²) < 4.78 is 0. The van der Waals surface area contributed by atoms with Crippen LogP contribution in [0.1, 0.15) is 10.5 Å². The fraction of sp³-hybridized carbons (Fsp3) is 0. The maximum absolute atomic E-state index is 12.2. The van der Waals surface area contributed by atoms with Crippen molar-refractivity contribution in [2.24, 2.45) is 5.84 Å². The fourth-order valence-corrected chi connectivity index (χ4v) is 2.07. The van der Waals surface area contributed by atoms with Crippen LogP contribution in [-0.2, 0) is 0 Å². The molecule has 0 atom stereocenters. The summed E-state index contributed by atoms with van der Waals surface area (Å²) in [7, 11) is 0. The zero-order chi connectivity index (χ0) is 14.7. The molecule has 2 aromatic carbocycles. The summed E-state index contributed by atoms with van der Waals surface area (Å²) in [5.74, 6) is 5.26. The van der Waals surface area contributed by atoms with E-state index in [9.17, 15) is 4.79 Å². The van der Waals surface area contributed by atoms with Gasteiger partial charge in [0.25, 0.3) is 5.91 Å². The van der Waals surface area contributed by atoms with Gasteiger partial charge in [-0.3, -0.25) is 9.78 Å². The normalized spacial score (nSPS) is 10.3. The molecule has 21 heavy (non-hydrogen) atoms. The van der Waals surface area contributed by atoms with Crippen molar-refractivity contribution in [2.45, 2.75) is 0 Å². The van der Waals surface area contributed by atoms with E-state index in [1.54, 1.807) is 0 Å². The Morgan fingerprint density at radius 1 is 1.05 bits per heavy atom. The maximum atomic E-state index is 12.2. The number of hydrogen-bond acceptors (Lipinski definition) is 5. The molecular formula is C15H13N5O. The van der Waals surface area contributed by atoms with E-state index < -0.39 is 0 Å². The van der Waals surface area contributed by atoms with E-state index in [0.29, 0.717) is 5.82 Å². The van der Waals surface area contributed by atoms with Gasteiger partial charge < -0.3 is 10.7 Å². The van der Waals surface area contributed by atoms with Crippen LogP contribution in [0.5, 0.6) is 0 Å². The number of carbonyl (C=O) groups is 1. The Labute approximate surface area is 121 Å². The average Bonchev–Trinajstić information content (AvgIpc) is 2.55. The van der Waals surface area contributed by atoms with Crippen LogP contribution in [-0.4, -0.2) is 15.9 Å². The highest BCUT2D eigenvalue weighted by Crippen LogP contribution is 2.23. The minimum atomic E-state index is -0.337. The van der Waals surface area contributed by atoms with Crippen LogP contribution in [0.2, 0.25) is 0 Å². The van der Waals surface area contributed by atoms with Crippen LogP contribution in [0.3, 0.4) is 0 Å². The lowest BCUT2D eigenvalue weighted by atomic mass is 10.1. The molecule has 1 amide bonds. The molecule has 0 radical (unpaired) electrons. The highest BCUT2D eigenvalue weighted by molar-refractivity contribution is 6.08. The third-order valence-corrected chi connectivity index (χ3v) is 3.05. The average molecular weight is 279 g/mol. The van der Waals surface area contributed by atoms with Gasteiger partial charge in [0.2, 0.25) is 0 Å². The number of amides is 1. The first-order chi connectivity index (χ1) is 10.3. The molecule has 4 N–H and O–H groups in total. The van der Waals surface area contributed by atoms with Crippen LogP contribution in [0, 0.1) is 0 Å². The van der Waals surface area contributed by atoms with Gasteiger partial charge in [-0.15, -0.1) is 0 Å². The Kier molecular flexibility index (Phi) is 3.44. The van der Waals surface area contributed by atoms with Gasteiger partial charge in [0.05, 0.1) is 12.4 Å². The summed E-state index contributed by atoms with van der Waals surface area (Å²) in [5, 5.41) is 4.86. The van der Waals surface area contributed by atoms with Crippen molar-refractivity contribution in [1.82, 2.24) is 9.97 Å². The van der Waals surface area contributed by atoms with Gasteiger partial charge in [-0.1, -0.05) is 36.4 Å². The summed E-state index contributed by atoms with van der Waals surface area (Å²) in [6.07, 6.45) is 2.83. The first kappa shape index (κ1) is 13.0.